The summed E-state index contributed by atoms with van der Waals surface area (Å²) in [4.78, 5) is 34.1. The lowest BCUT2D eigenvalue weighted by atomic mass is 10.1. The van der Waals surface area contributed by atoms with Gasteiger partial charge in [0.2, 0.25) is 0 Å². The number of anilines is 1. The molecule has 0 fully saturated rings. The van der Waals surface area contributed by atoms with Crippen LogP contribution >= 0.6 is 0 Å². The largest absolute Gasteiger partial charge is 0.303 e. The van der Waals surface area contributed by atoms with Crippen molar-refractivity contribution >= 4 is 34.1 Å². The summed E-state index contributed by atoms with van der Waals surface area (Å²) in [6, 6.07) is 32.7. The molecule has 0 radical (unpaired) electrons. The zero-order chi connectivity index (χ0) is 24.6. The van der Waals surface area contributed by atoms with Crippen LogP contribution in [0.2, 0.25) is 0 Å². The average molecular weight is 470 g/mol. The maximum atomic E-state index is 13.8. The Bertz CT molecular complexity index is 1720. The third-order valence-corrected chi connectivity index (χ3v) is 6.48. The molecule has 0 atom stereocenters. The van der Waals surface area contributed by atoms with Gasteiger partial charge in [-0.25, -0.2) is 4.98 Å². The van der Waals surface area contributed by atoms with Gasteiger partial charge < -0.3 is 4.90 Å². The van der Waals surface area contributed by atoms with Crippen molar-refractivity contribution in [2.45, 2.75) is 13.5 Å². The Labute approximate surface area is 208 Å². The zero-order valence-electron chi connectivity index (χ0n) is 19.8. The molecule has 0 saturated heterocycles. The van der Waals surface area contributed by atoms with E-state index in [0.29, 0.717) is 34.5 Å². The Morgan fingerprint density at radius 3 is 2.39 bits per heavy atom. The van der Waals surface area contributed by atoms with Gasteiger partial charge in [-0.1, -0.05) is 72.8 Å². The van der Waals surface area contributed by atoms with E-state index in [1.807, 2.05) is 104 Å². The van der Waals surface area contributed by atoms with E-state index in [-0.39, 0.29) is 11.5 Å². The Morgan fingerprint density at radius 1 is 0.806 bits per heavy atom. The Balaban J connectivity index is 1.56. The highest BCUT2D eigenvalue weighted by molar-refractivity contribution is 6.35. The molecule has 0 spiro atoms. The maximum absolute atomic E-state index is 13.8. The lowest BCUT2D eigenvalue weighted by molar-refractivity contribution is -0.113. The van der Waals surface area contributed by atoms with Crippen molar-refractivity contribution in [1.82, 2.24) is 9.55 Å². The minimum absolute atomic E-state index is 0.113. The van der Waals surface area contributed by atoms with Crippen LogP contribution < -0.4 is 10.5 Å². The van der Waals surface area contributed by atoms with E-state index < -0.39 is 0 Å². The highest BCUT2D eigenvalue weighted by Crippen LogP contribution is 2.38. The third-order valence-electron chi connectivity index (χ3n) is 6.48. The first kappa shape index (κ1) is 21.7. The molecule has 1 amide bonds. The predicted octanol–water partition coefficient (Wildman–Crippen LogP) is 5.78. The van der Waals surface area contributed by atoms with Crippen LogP contribution in [0.3, 0.4) is 0 Å². The van der Waals surface area contributed by atoms with Crippen LogP contribution in [0.15, 0.2) is 108 Å². The molecule has 0 bridgehead atoms. The fourth-order valence-corrected chi connectivity index (χ4v) is 4.76. The summed E-state index contributed by atoms with van der Waals surface area (Å²) in [6.45, 7) is 2.45. The molecule has 5 nitrogen and oxygen atoms in total. The van der Waals surface area contributed by atoms with E-state index in [1.54, 1.807) is 21.6 Å². The standard InChI is InChI=1S/C31H23N3O2/c1-21-10-9-13-23(18-21)34-29(32-27-16-7-5-15-25(27)31(34)36)19-26-24-14-6-8-17-28(24)33(30(26)35)20-22-11-3-2-4-12-22/h2-19H,20H2,1H3. The number of aryl methyl sites for hydroxylation is 1. The predicted molar refractivity (Wildman–Crippen MR) is 144 cm³/mol. The van der Waals surface area contributed by atoms with Crippen LogP contribution in [0.25, 0.3) is 28.2 Å². The molecule has 0 N–H and O–H groups in total. The molecule has 36 heavy (non-hydrogen) atoms. The molecule has 1 aliphatic heterocycles. The van der Waals surface area contributed by atoms with Crippen molar-refractivity contribution in [3.63, 3.8) is 0 Å². The van der Waals surface area contributed by atoms with E-state index in [2.05, 4.69) is 0 Å². The van der Waals surface area contributed by atoms with Gasteiger partial charge in [0, 0.05) is 5.56 Å². The molecule has 0 aliphatic carbocycles. The van der Waals surface area contributed by atoms with Crippen molar-refractivity contribution in [3.05, 3.63) is 136 Å². The van der Waals surface area contributed by atoms with Crippen LogP contribution in [0.1, 0.15) is 22.5 Å². The minimum Gasteiger partial charge on any atom is -0.303 e. The summed E-state index contributed by atoms with van der Waals surface area (Å²) >= 11 is 0. The topological polar surface area (TPSA) is 55.2 Å². The highest BCUT2D eigenvalue weighted by Gasteiger charge is 2.32. The number of rotatable bonds is 4. The van der Waals surface area contributed by atoms with Gasteiger partial charge >= 0.3 is 0 Å². The quantitative estimate of drug-likeness (QED) is 0.314. The van der Waals surface area contributed by atoms with Crippen molar-refractivity contribution in [1.29, 1.82) is 0 Å². The molecule has 4 aromatic carbocycles. The van der Waals surface area contributed by atoms with Crippen LogP contribution in [0, 0.1) is 6.92 Å². The molecular formula is C31H23N3O2. The second-order valence-electron chi connectivity index (χ2n) is 8.92. The minimum atomic E-state index is -0.169. The molecule has 174 valence electrons. The fraction of sp³-hybridized carbons (Fsp3) is 0.0645. The SMILES string of the molecule is Cc1cccc(-n2c(C=C3C(=O)N(Cc4ccccc4)c4ccccc43)nc3ccccc3c2=O)c1. The van der Waals surface area contributed by atoms with Gasteiger partial charge in [-0.3, -0.25) is 14.2 Å². The van der Waals surface area contributed by atoms with Crippen LogP contribution in [0.5, 0.6) is 0 Å². The molecule has 0 saturated carbocycles. The third kappa shape index (κ3) is 3.71. The van der Waals surface area contributed by atoms with Crippen LogP contribution in [-0.4, -0.2) is 15.5 Å². The van der Waals surface area contributed by atoms with Crippen molar-refractivity contribution in [3.8, 4) is 5.69 Å². The number of hydrogen-bond donors (Lipinski definition) is 0. The molecule has 0 unspecified atom stereocenters. The summed E-state index contributed by atoms with van der Waals surface area (Å²) in [5.74, 6) is 0.308. The van der Waals surface area contributed by atoms with Gasteiger partial charge in [-0.2, -0.15) is 0 Å². The van der Waals surface area contributed by atoms with E-state index in [0.717, 1.165) is 22.4 Å². The molecular weight excluding hydrogens is 446 g/mol. The Morgan fingerprint density at radius 2 is 1.56 bits per heavy atom. The first-order valence-corrected chi connectivity index (χ1v) is 11.9. The molecule has 2 heterocycles. The summed E-state index contributed by atoms with van der Waals surface area (Å²) in [5, 5.41) is 0.532. The number of benzene rings is 4. The number of carbonyl (C=O) groups is 1. The first-order valence-electron chi connectivity index (χ1n) is 11.9. The molecule has 5 aromatic rings. The van der Waals surface area contributed by atoms with Gasteiger partial charge in [0.15, 0.2) is 0 Å². The Hall–Kier alpha value is -4.77. The van der Waals surface area contributed by atoms with Gasteiger partial charge in [-0.05, 0) is 54.5 Å². The van der Waals surface area contributed by atoms with Gasteiger partial charge in [0.25, 0.3) is 11.5 Å². The number of para-hydroxylation sites is 2. The lowest BCUT2D eigenvalue weighted by Crippen LogP contribution is -2.26. The van der Waals surface area contributed by atoms with Gasteiger partial charge in [0.1, 0.15) is 5.82 Å². The van der Waals surface area contributed by atoms with Crippen molar-refractivity contribution in [2.75, 3.05) is 4.90 Å². The highest BCUT2D eigenvalue weighted by atomic mass is 16.2. The summed E-state index contributed by atoms with van der Waals surface area (Å²) in [5.41, 5.74) is 5.41. The van der Waals surface area contributed by atoms with E-state index in [1.165, 1.54) is 0 Å². The van der Waals surface area contributed by atoms with E-state index in [4.69, 9.17) is 4.98 Å². The molecule has 5 heteroatoms. The van der Waals surface area contributed by atoms with Gasteiger partial charge in [-0.15, -0.1) is 0 Å². The number of hydrogen-bond acceptors (Lipinski definition) is 3. The maximum Gasteiger partial charge on any atom is 0.266 e. The number of amides is 1. The average Bonchev–Trinajstić information content (AvgIpc) is 3.15. The molecule has 1 aliphatic rings. The number of aromatic nitrogens is 2. The monoisotopic (exact) mass is 469 g/mol. The first-order chi connectivity index (χ1) is 17.6. The summed E-state index contributed by atoms with van der Waals surface area (Å²) in [7, 11) is 0. The van der Waals surface area contributed by atoms with Gasteiger partial charge in [0.05, 0.1) is 34.4 Å². The zero-order valence-corrected chi connectivity index (χ0v) is 19.8. The molecule has 6 rings (SSSR count). The van der Waals surface area contributed by atoms with Crippen molar-refractivity contribution < 1.29 is 4.79 Å². The van der Waals surface area contributed by atoms with Crippen LogP contribution in [0.4, 0.5) is 5.69 Å². The second-order valence-corrected chi connectivity index (χ2v) is 8.92. The smallest absolute Gasteiger partial charge is 0.266 e. The summed E-state index contributed by atoms with van der Waals surface area (Å²) < 4.78 is 1.60. The van der Waals surface area contributed by atoms with E-state index >= 15 is 0 Å². The van der Waals surface area contributed by atoms with Crippen LogP contribution in [-0.2, 0) is 11.3 Å². The van der Waals surface area contributed by atoms with Crippen molar-refractivity contribution in [2.24, 2.45) is 0 Å². The molecule has 1 aromatic heterocycles. The number of nitrogens with zero attached hydrogens (tertiary/aromatic N) is 3. The fourth-order valence-electron chi connectivity index (χ4n) is 4.76. The number of fused-ring (bicyclic) bond motifs is 2. The lowest BCUT2D eigenvalue weighted by Gasteiger charge is -2.17. The normalized spacial score (nSPS) is 14.0. The van der Waals surface area contributed by atoms with E-state index in [9.17, 15) is 9.59 Å². The second kappa shape index (κ2) is 8.78. The number of carbonyl (C=O) groups excluding carboxylic acids is 1. The Kier molecular flexibility index (Phi) is 5.30. The summed E-state index contributed by atoms with van der Waals surface area (Å²) in [6.07, 6.45) is 1.75.